The summed E-state index contributed by atoms with van der Waals surface area (Å²) in [5, 5.41) is 0. The Morgan fingerprint density at radius 1 is 1.05 bits per heavy atom. The first kappa shape index (κ1) is 18.3. The molecule has 1 aliphatic rings. The first-order chi connectivity index (χ1) is 9.99. The highest BCUT2D eigenvalue weighted by Crippen LogP contribution is 2.40. The molecule has 1 aromatic rings. The van der Waals surface area contributed by atoms with Crippen molar-refractivity contribution < 1.29 is 25.9 Å². The first-order valence-corrected chi connectivity index (χ1v) is 10.8. The van der Waals surface area contributed by atoms with E-state index in [1.54, 1.807) is 18.2 Å². The molecule has 0 bridgehead atoms. The Morgan fingerprint density at radius 3 is 2.18 bits per heavy atom. The van der Waals surface area contributed by atoms with Gasteiger partial charge in [-0.25, -0.2) is 0 Å². The van der Waals surface area contributed by atoms with Crippen molar-refractivity contribution in [3.63, 3.8) is 0 Å². The number of hydrogen-bond acceptors (Lipinski definition) is 4. The molecule has 22 heavy (non-hydrogen) atoms. The van der Waals surface area contributed by atoms with Gasteiger partial charge in [-0.3, -0.25) is 9.11 Å². The zero-order chi connectivity index (χ0) is 16.8. The van der Waals surface area contributed by atoms with Gasteiger partial charge in [-0.15, -0.1) is 0 Å². The third kappa shape index (κ3) is 3.13. The fraction of sp³-hybridized carbons (Fsp3) is 0.167. The number of rotatable bonds is 3. The Kier molecular flexibility index (Phi) is 5.10. The van der Waals surface area contributed by atoms with E-state index in [9.17, 15) is 25.9 Å². The molecule has 0 radical (unpaired) electrons. The quantitative estimate of drug-likeness (QED) is 0.429. The minimum Gasteiger partial charge on any atom is -0.284 e. The van der Waals surface area contributed by atoms with Crippen molar-refractivity contribution >= 4 is 71.0 Å². The Hall–Kier alpha value is -0.0200. The van der Waals surface area contributed by atoms with Crippen molar-refractivity contribution in [3.8, 4) is 0 Å². The van der Waals surface area contributed by atoms with Gasteiger partial charge >= 0.3 is 0 Å². The standard InChI is InChI=1S/C12H10I2O6S2/c13-10-5-1-4-9(11(10)14)8-3-2-6-12(7-8,21(15,16)17)22(18,19)20/h1-6H,7H2,(H,15,16,17)(H,18,19,20). The average molecular weight is 568 g/mol. The molecule has 1 aliphatic carbocycles. The fourth-order valence-electron chi connectivity index (χ4n) is 2.12. The maximum Gasteiger partial charge on any atom is 0.291 e. The minimum atomic E-state index is -5.08. The van der Waals surface area contributed by atoms with Crippen LogP contribution in [-0.4, -0.2) is 30.0 Å². The molecule has 120 valence electrons. The molecule has 0 saturated carbocycles. The summed E-state index contributed by atoms with van der Waals surface area (Å²) in [4.78, 5) is 0. The van der Waals surface area contributed by atoms with Crippen LogP contribution in [0.2, 0.25) is 0 Å². The van der Waals surface area contributed by atoms with E-state index in [0.29, 0.717) is 11.1 Å². The molecule has 0 unspecified atom stereocenters. The molecule has 0 aliphatic heterocycles. The van der Waals surface area contributed by atoms with Crippen LogP contribution in [0.15, 0.2) is 36.4 Å². The Morgan fingerprint density at radius 2 is 1.64 bits per heavy atom. The lowest BCUT2D eigenvalue weighted by Gasteiger charge is -2.28. The minimum absolute atomic E-state index is 0.390. The second kappa shape index (κ2) is 6.12. The molecule has 2 N–H and O–H groups in total. The topological polar surface area (TPSA) is 109 Å². The Balaban J connectivity index is 2.64. The molecule has 2 rings (SSSR count). The van der Waals surface area contributed by atoms with Crippen LogP contribution in [0.25, 0.3) is 5.57 Å². The summed E-state index contributed by atoms with van der Waals surface area (Å²) in [6, 6.07) is 5.32. The SMILES string of the molecule is O=S(=O)(O)C1(S(=O)(=O)O)C=CC=C(c2cccc(I)c2I)C1. The molecule has 6 nitrogen and oxygen atoms in total. The second-order valence-electron chi connectivity index (χ2n) is 4.59. The zero-order valence-electron chi connectivity index (χ0n) is 10.8. The van der Waals surface area contributed by atoms with Crippen LogP contribution < -0.4 is 0 Å². The largest absolute Gasteiger partial charge is 0.291 e. The van der Waals surface area contributed by atoms with E-state index in [0.717, 1.165) is 13.2 Å². The fourth-order valence-corrected chi connectivity index (χ4v) is 5.56. The normalized spacial score (nSPS) is 18.1. The molecule has 0 spiro atoms. The van der Waals surface area contributed by atoms with Gasteiger partial charge in [0, 0.05) is 13.6 Å². The van der Waals surface area contributed by atoms with E-state index in [4.69, 9.17) is 0 Å². The summed E-state index contributed by atoms with van der Waals surface area (Å²) in [6.07, 6.45) is 2.97. The number of halogens is 2. The van der Waals surface area contributed by atoms with Gasteiger partial charge in [-0.1, -0.05) is 24.3 Å². The van der Waals surface area contributed by atoms with Gasteiger partial charge in [0.05, 0.1) is 0 Å². The smallest absolute Gasteiger partial charge is 0.284 e. The second-order valence-corrected chi connectivity index (χ2v) is 10.4. The van der Waals surface area contributed by atoms with Crippen molar-refractivity contribution in [1.29, 1.82) is 0 Å². The van der Waals surface area contributed by atoms with Gasteiger partial charge in [0.1, 0.15) is 0 Å². The van der Waals surface area contributed by atoms with Crippen molar-refractivity contribution in [2.75, 3.05) is 0 Å². The summed E-state index contributed by atoms with van der Waals surface area (Å²) in [5.41, 5.74) is 1.04. The summed E-state index contributed by atoms with van der Waals surface area (Å²) in [6.45, 7) is 0. The molecular weight excluding hydrogens is 558 g/mol. The first-order valence-electron chi connectivity index (χ1n) is 5.76. The summed E-state index contributed by atoms with van der Waals surface area (Å²) >= 11 is 4.16. The van der Waals surface area contributed by atoms with E-state index < -0.39 is 30.7 Å². The molecule has 0 heterocycles. The van der Waals surface area contributed by atoms with Crippen molar-refractivity contribution in [2.45, 2.75) is 10.5 Å². The molecular formula is C12H10I2O6S2. The van der Waals surface area contributed by atoms with Crippen molar-refractivity contribution in [3.05, 3.63) is 49.1 Å². The maximum atomic E-state index is 11.6. The van der Waals surface area contributed by atoms with Gasteiger partial charge in [-0.2, -0.15) is 16.8 Å². The highest BCUT2D eigenvalue weighted by Gasteiger charge is 2.53. The summed E-state index contributed by atoms with van der Waals surface area (Å²) in [5.74, 6) is 0. The zero-order valence-corrected chi connectivity index (χ0v) is 16.7. The monoisotopic (exact) mass is 568 g/mol. The van der Waals surface area contributed by atoms with Crippen LogP contribution in [0.3, 0.4) is 0 Å². The maximum absolute atomic E-state index is 11.6. The summed E-state index contributed by atoms with van der Waals surface area (Å²) in [7, 11) is -10.2. The highest BCUT2D eigenvalue weighted by molar-refractivity contribution is 14.1. The third-order valence-corrected chi connectivity index (χ3v) is 9.92. The van der Waals surface area contributed by atoms with Gasteiger partial charge in [0.15, 0.2) is 0 Å². The molecule has 0 aromatic heterocycles. The van der Waals surface area contributed by atoms with Crippen LogP contribution in [0.5, 0.6) is 0 Å². The van der Waals surface area contributed by atoms with Crippen LogP contribution >= 0.6 is 45.2 Å². The van der Waals surface area contributed by atoms with Crippen molar-refractivity contribution in [1.82, 2.24) is 0 Å². The Labute approximate surface area is 155 Å². The number of hydrogen-bond donors (Lipinski definition) is 2. The molecule has 0 amide bonds. The van der Waals surface area contributed by atoms with Crippen LogP contribution in [-0.2, 0) is 20.2 Å². The molecule has 1 aromatic carbocycles. The van der Waals surface area contributed by atoms with Crippen molar-refractivity contribution in [2.24, 2.45) is 0 Å². The Bertz CT molecular complexity index is 852. The molecule has 0 saturated heterocycles. The van der Waals surface area contributed by atoms with E-state index in [2.05, 4.69) is 45.2 Å². The van der Waals surface area contributed by atoms with Crippen LogP contribution in [0, 0.1) is 7.14 Å². The predicted octanol–water partition coefficient (Wildman–Crippen LogP) is 2.71. The van der Waals surface area contributed by atoms with E-state index in [1.165, 1.54) is 6.08 Å². The average Bonchev–Trinajstić information content (AvgIpc) is 2.39. The lowest BCUT2D eigenvalue weighted by Crippen LogP contribution is -2.45. The predicted molar refractivity (Wildman–Crippen MR) is 99.4 cm³/mol. The van der Waals surface area contributed by atoms with Gasteiger partial charge in [0.25, 0.3) is 20.2 Å². The van der Waals surface area contributed by atoms with E-state index >= 15 is 0 Å². The molecule has 0 fully saturated rings. The molecule has 10 heteroatoms. The third-order valence-electron chi connectivity index (χ3n) is 3.26. The van der Waals surface area contributed by atoms with Gasteiger partial charge < -0.3 is 0 Å². The number of benzene rings is 1. The van der Waals surface area contributed by atoms with E-state index in [1.807, 2.05) is 6.07 Å². The number of allylic oxidation sites excluding steroid dienone is 3. The highest BCUT2D eigenvalue weighted by atomic mass is 127. The van der Waals surface area contributed by atoms with Crippen LogP contribution in [0.1, 0.15) is 12.0 Å². The lowest BCUT2D eigenvalue weighted by atomic mass is 9.97. The van der Waals surface area contributed by atoms with Gasteiger partial charge in [-0.05, 0) is 68.5 Å². The van der Waals surface area contributed by atoms with Crippen LogP contribution in [0.4, 0.5) is 0 Å². The summed E-state index contributed by atoms with van der Waals surface area (Å²) < 4.78 is 64.2. The van der Waals surface area contributed by atoms with Gasteiger partial charge in [0.2, 0.25) is 4.08 Å². The lowest BCUT2D eigenvalue weighted by molar-refractivity contribution is 0.438. The molecule has 0 atom stereocenters. The van der Waals surface area contributed by atoms with E-state index in [-0.39, 0.29) is 0 Å².